The number of carbonyl (C=O) groups is 2. The summed E-state index contributed by atoms with van der Waals surface area (Å²) in [6.45, 7) is -0.665. The Morgan fingerprint density at radius 2 is 2.06 bits per heavy atom. The van der Waals surface area contributed by atoms with E-state index in [1.807, 2.05) is 5.48 Å². The molecule has 0 bridgehead atoms. The molecule has 0 aliphatic heterocycles. The number of hydroxylamine groups is 1. The molecule has 0 aliphatic carbocycles. The number of amides is 2. The zero-order valence-corrected chi connectivity index (χ0v) is 8.77. The van der Waals surface area contributed by atoms with Crippen molar-refractivity contribution in [3.8, 4) is 0 Å². The van der Waals surface area contributed by atoms with Crippen LogP contribution < -0.4 is 10.8 Å². The molecule has 0 heterocycles. The average Bonchev–Trinajstić information content (AvgIpc) is 2.27. The summed E-state index contributed by atoms with van der Waals surface area (Å²) in [5.74, 6) is -1.64. The molecule has 0 fully saturated rings. The largest absolute Gasteiger partial charge is 0.479 e. The van der Waals surface area contributed by atoms with Gasteiger partial charge in [0.05, 0.1) is 0 Å². The Bertz CT molecular complexity index is 411. The summed E-state index contributed by atoms with van der Waals surface area (Å²) in [7, 11) is 0. The van der Waals surface area contributed by atoms with E-state index in [0.29, 0.717) is 5.56 Å². The number of urea groups is 1. The van der Waals surface area contributed by atoms with Crippen LogP contribution in [0, 0.1) is 5.82 Å². The molecule has 1 aromatic rings. The zero-order chi connectivity index (χ0) is 12.7. The first-order chi connectivity index (χ1) is 8.09. The molecule has 0 aromatic heterocycles. The van der Waals surface area contributed by atoms with Crippen LogP contribution in [0.1, 0.15) is 5.56 Å². The third kappa shape index (κ3) is 4.94. The van der Waals surface area contributed by atoms with E-state index in [-0.39, 0.29) is 6.54 Å². The molecular formula is C10H11FN2O4. The van der Waals surface area contributed by atoms with Crippen molar-refractivity contribution in [3.63, 3.8) is 0 Å². The van der Waals surface area contributed by atoms with Crippen molar-refractivity contribution >= 4 is 12.0 Å². The predicted octanol–water partition coefficient (Wildman–Crippen LogP) is 0.641. The fraction of sp³-hybridized carbons (Fsp3) is 0.200. The van der Waals surface area contributed by atoms with Gasteiger partial charge in [-0.25, -0.2) is 19.5 Å². The number of hydrogen-bond donors (Lipinski definition) is 3. The minimum absolute atomic E-state index is 0.0189. The monoisotopic (exact) mass is 242 g/mol. The number of aliphatic carboxylic acids is 1. The fourth-order valence-electron chi connectivity index (χ4n) is 1.02. The molecule has 0 radical (unpaired) electrons. The molecule has 17 heavy (non-hydrogen) atoms. The van der Waals surface area contributed by atoms with Gasteiger partial charge in [0.15, 0.2) is 6.61 Å². The average molecular weight is 242 g/mol. The van der Waals surface area contributed by atoms with Gasteiger partial charge in [0.25, 0.3) is 0 Å². The molecule has 6 nitrogen and oxygen atoms in total. The zero-order valence-electron chi connectivity index (χ0n) is 8.77. The lowest BCUT2D eigenvalue weighted by Gasteiger charge is -2.07. The van der Waals surface area contributed by atoms with Gasteiger partial charge in [-0.2, -0.15) is 0 Å². The van der Waals surface area contributed by atoms with Crippen molar-refractivity contribution in [1.82, 2.24) is 10.8 Å². The third-order valence-electron chi connectivity index (χ3n) is 1.76. The lowest BCUT2D eigenvalue weighted by molar-refractivity contribution is -0.144. The first-order valence-electron chi connectivity index (χ1n) is 4.70. The highest BCUT2D eigenvalue weighted by atomic mass is 19.1. The van der Waals surface area contributed by atoms with Gasteiger partial charge in [0.1, 0.15) is 5.82 Å². The van der Waals surface area contributed by atoms with Crippen LogP contribution in [0.2, 0.25) is 0 Å². The number of hydrogen-bond acceptors (Lipinski definition) is 3. The topological polar surface area (TPSA) is 87.7 Å². The van der Waals surface area contributed by atoms with E-state index in [2.05, 4.69) is 10.2 Å². The van der Waals surface area contributed by atoms with E-state index in [1.165, 1.54) is 18.2 Å². The summed E-state index contributed by atoms with van der Waals surface area (Å²) < 4.78 is 13.1. The Balaban J connectivity index is 2.29. The highest BCUT2D eigenvalue weighted by Crippen LogP contribution is 2.04. The summed E-state index contributed by atoms with van der Waals surface area (Å²) >= 11 is 0. The number of nitrogens with one attached hydrogen (secondary N) is 2. The molecule has 92 valence electrons. The van der Waals surface area contributed by atoms with Crippen LogP contribution in [0.4, 0.5) is 9.18 Å². The lowest BCUT2D eigenvalue weighted by atomic mass is 10.2. The van der Waals surface area contributed by atoms with E-state index in [4.69, 9.17) is 5.11 Å². The van der Waals surface area contributed by atoms with Crippen LogP contribution >= 0.6 is 0 Å². The van der Waals surface area contributed by atoms with Gasteiger partial charge in [0.2, 0.25) is 0 Å². The van der Waals surface area contributed by atoms with E-state index in [1.54, 1.807) is 6.07 Å². The molecule has 0 saturated heterocycles. The minimum atomic E-state index is -1.21. The number of halogens is 1. The molecule has 1 rings (SSSR count). The van der Waals surface area contributed by atoms with Crippen molar-refractivity contribution in [3.05, 3.63) is 35.6 Å². The summed E-state index contributed by atoms with van der Waals surface area (Å²) in [5.41, 5.74) is 2.17. The molecule has 7 heteroatoms. The Labute approximate surface area is 96.3 Å². The van der Waals surface area contributed by atoms with Crippen LogP contribution in [-0.4, -0.2) is 23.7 Å². The van der Waals surface area contributed by atoms with Gasteiger partial charge >= 0.3 is 12.0 Å². The molecular weight excluding hydrogens is 231 g/mol. The first-order valence-corrected chi connectivity index (χ1v) is 4.70. The van der Waals surface area contributed by atoms with Crippen molar-refractivity contribution < 1.29 is 23.9 Å². The Morgan fingerprint density at radius 3 is 2.71 bits per heavy atom. The minimum Gasteiger partial charge on any atom is -0.479 e. The van der Waals surface area contributed by atoms with Crippen LogP contribution in [0.25, 0.3) is 0 Å². The molecule has 0 spiro atoms. The molecule has 0 unspecified atom stereocenters. The molecule has 0 atom stereocenters. The number of carboxylic acids is 1. The predicted molar refractivity (Wildman–Crippen MR) is 55.4 cm³/mol. The summed E-state index contributed by atoms with van der Waals surface area (Å²) in [6.07, 6.45) is 0. The first kappa shape index (κ1) is 12.9. The quantitative estimate of drug-likeness (QED) is 0.661. The SMILES string of the molecule is O=C(O)CONC(=O)NCc1ccccc1F. The van der Waals surface area contributed by atoms with Crippen LogP contribution in [-0.2, 0) is 16.2 Å². The fourth-order valence-corrected chi connectivity index (χ4v) is 1.02. The van der Waals surface area contributed by atoms with Gasteiger partial charge in [-0.15, -0.1) is 0 Å². The van der Waals surface area contributed by atoms with E-state index >= 15 is 0 Å². The normalized spacial score (nSPS) is 9.71. The second kappa shape index (κ2) is 6.44. The van der Waals surface area contributed by atoms with Crippen molar-refractivity contribution in [1.29, 1.82) is 0 Å². The molecule has 1 aromatic carbocycles. The highest BCUT2D eigenvalue weighted by Gasteiger charge is 2.04. The smallest absolute Gasteiger partial charge is 0.338 e. The van der Waals surface area contributed by atoms with Crippen molar-refractivity contribution in [2.45, 2.75) is 6.54 Å². The molecule has 3 N–H and O–H groups in total. The molecule has 2 amide bonds. The van der Waals surface area contributed by atoms with Gasteiger partial charge in [-0.3, -0.25) is 4.84 Å². The highest BCUT2D eigenvalue weighted by molar-refractivity contribution is 5.73. The van der Waals surface area contributed by atoms with E-state index < -0.39 is 24.4 Å². The van der Waals surface area contributed by atoms with E-state index in [0.717, 1.165) is 0 Å². The summed E-state index contributed by atoms with van der Waals surface area (Å²) in [6, 6.07) is 5.23. The Hall–Kier alpha value is -2.15. The maximum atomic E-state index is 13.1. The van der Waals surface area contributed by atoms with Crippen molar-refractivity contribution in [2.75, 3.05) is 6.61 Å². The lowest BCUT2D eigenvalue weighted by Crippen LogP contribution is -2.36. The number of rotatable bonds is 5. The van der Waals surface area contributed by atoms with Gasteiger partial charge < -0.3 is 10.4 Å². The van der Waals surface area contributed by atoms with Crippen LogP contribution in [0.5, 0.6) is 0 Å². The van der Waals surface area contributed by atoms with E-state index in [9.17, 15) is 14.0 Å². The van der Waals surface area contributed by atoms with Gasteiger partial charge in [-0.1, -0.05) is 18.2 Å². The standard InChI is InChI=1S/C10H11FN2O4/c11-8-4-2-1-3-7(8)5-12-10(16)13-17-6-9(14)15/h1-4H,5-6H2,(H,14,15)(H2,12,13,16). The summed E-state index contributed by atoms with van der Waals surface area (Å²) in [5, 5.41) is 10.5. The summed E-state index contributed by atoms with van der Waals surface area (Å²) in [4.78, 5) is 25.4. The number of carboxylic acid groups (broad SMARTS) is 1. The maximum absolute atomic E-state index is 13.1. The maximum Gasteiger partial charge on any atom is 0.338 e. The molecule has 0 aliphatic rings. The Kier molecular flexibility index (Phi) is 4.89. The Morgan fingerprint density at radius 1 is 1.35 bits per heavy atom. The van der Waals surface area contributed by atoms with Gasteiger partial charge in [0, 0.05) is 12.1 Å². The number of benzene rings is 1. The number of carbonyl (C=O) groups excluding carboxylic acids is 1. The molecule has 0 saturated carbocycles. The second-order valence-corrected chi connectivity index (χ2v) is 3.06. The third-order valence-corrected chi connectivity index (χ3v) is 1.76. The van der Waals surface area contributed by atoms with Gasteiger partial charge in [-0.05, 0) is 6.07 Å². The van der Waals surface area contributed by atoms with Crippen LogP contribution in [0.3, 0.4) is 0 Å². The second-order valence-electron chi connectivity index (χ2n) is 3.06. The van der Waals surface area contributed by atoms with Crippen molar-refractivity contribution in [2.24, 2.45) is 0 Å². The van der Waals surface area contributed by atoms with Crippen LogP contribution in [0.15, 0.2) is 24.3 Å².